The van der Waals surface area contributed by atoms with Gasteiger partial charge in [-0.2, -0.15) is 0 Å². The molecule has 0 aliphatic carbocycles. The zero-order valence-corrected chi connectivity index (χ0v) is 10.8. The van der Waals surface area contributed by atoms with E-state index < -0.39 is 10.8 Å². The number of anilines is 1. The number of carbonyl (C=O) groups is 1. The lowest BCUT2D eigenvalue weighted by Gasteiger charge is -2.26. The van der Waals surface area contributed by atoms with Gasteiger partial charge in [-0.1, -0.05) is 11.6 Å². The first-order chi connectivity index (χ1) is 8.08. The van der Waals surface area contributed by atoms with Gasteiger partial charge in [0.05, 0.1) is 10.7 Å². The van der Waals surface area contributed by atoms with Gasteiger partial charge in [-0.05, 0) is 18.2 Å². The fraction of sp³-hybridized carbons (Fsp3) is 0.364. The van der Waals surface area contributed by atoms with Crippen molar-refractivity contribution in [3.05, 3.63) is 28.8 Å². The van der Waals surface area contributed by atoms with E-state index in [9.17, 15) is 9.00 Å². The number of carbonyl (C=O) groups excluding carboxylic acids is 1. The average molecular weight is 273 g/mol. The lowest BCUT2D eigenvalue weighted by Crippen LogP contribution is -2.41. The SMILES string of the molecule is Nc1ccc(C(=O)N2CCS(=O)CC2)cc1Cl. The van der Waals surface area contributed by atoms with Gasteiger partial charge >= 0.3 is 0 Å². The Balaban J connectivity index is 2.14. The van der Waals surface area contributed by atoms with Crippen LogP contribution in [0.5, 0.6) is 0 Å². The van der Waals surface area contributed by atoms with E-state index in [1.165, 1.54) is 0 Å². The summed E-state index contributed by atoms with van der Waals surface area (Å²) in [6.45, 7) is 1.07. The molecular weight excluding hydrogens is 260 g/mol. The van der Waals surface area contributed by atoms with Gasteiger partial charge in [-0.25, -0.2) is 0 Å². The van der Waals surface area contributed by atoms with E-state index in [0.29, 0.717) is 40.9 Å². The molecule has 1 aromatic rings. The van der Waals surface area contributed by atoms with Crippen LogP contribution in [0.2, 0.25) is 5.02 Å². The van der Waals surface area contributed by atoms with Crippen molar-refractivity contribution in [2.75, 3.05) is 30.3 Å². The summed E-state index contributed by atoms with van der Waals surface area (Å²) in [6, 6.07) is 4.86. The Morgan fingerprint density at radius 2 is 2.00 bits per heavy atom. The van der Waals surface area contributed by atoms with E-state index in [1.54, 1.807) is 23.1 Å². The topological polar surface area (TPSA) is 63.4 Å². The van der Waals surface area contributed by atoms with Crippen LogP contribution < -0.4 is 5.73 Å². The van der Waals surface area contributed by atoms with Crippen LogP contribution >= 0.6 is 11.6 Å². The molecule has 0 atom stereocenters. The van der Waals surface area contributed by atoms with Crippen molar-refractivity contribution in [2.24, 2.45) is 0 Å². The van der Waals surface area contributed by atoms with E-state index in [2.05, 4.69) is 0 Å². The van der Waals surface area contributed by atoms with Gasteiger partial charge in [0.2, 0.25) is 0 Å². The maximum atomic E-state index is 12.1. The monoisotopic (exact) mass is 272 g/mol. The summed E-state index contributed by atoms with van der Waals surface area (Å²) in [5.74, 6) is 1.02. The molecule has 2 N–H and O–H groups in total. The van der Waals surface area contributed by atoms with Crippen LogP contribution in [0.25, 0.3) is 0 Å². The van der Waals surface area contributed by atoms with Crippen LogP contribution in [0.1, 0.15) is 10.4 Å². The van der Waals surface area contributed by atoms with E-state index in [1.807, 2.05) is 0 Å². The van der Waals surface area contributed by atoms with Crippen LogP contribution in [0.15, 0.2) is 18.2 Å². The van der Waals surface area contributed by atoms with Crippen molar-refractivity contribution in [3.8, 4) is 0 Å². The predicted octanol–water partition coefficient (Wildman–Crippen LogP) is 1.13. The molecule has 0 saturated carbocycles. The molecule has 0 bridgehead atoms. The zero-order chi connectivity index (χ0) is 12.4. The third-order valence-corrected chi connectivity index (χ3v) is 4.32. The number of nitrogen functional groups attached to an aromatic ring is 1. The van der Waals surface area contributed by atoms with E-state index in [-0.39, 0.29) is 5.91 Å². The van der Waals surface area contributed by atoms with Crippen molar-refractivity contribution in [3.63, 3.8) is 0 Å². The molecule has 1 aliphatic rings. The first kappa shape index (κ1) is 12.4. The van der Waals surface area contributed by atoms with Crippen LogP contribution in [-0.2, 0) is 10.8 Å². The maximum absolute atomic E-state index is 12.1. The molecule has 2 rings (SSSR count). The first-order valence-electron chi connectivity index (χ1n) is 5.27. The van der Waals surface area contributed by atoms with Gasteiger partial charge in [-0.15, -0.1) is 0 Å². The zero-order valence-electron chi connectivity index (χ0n) is 9.19. The van der Waals surface area contributed by atoms with Crippen LogP contribution in [-0.4, -0.2) is 39.6 Å². The molecular formula is C11H13ClN2O2S. The quantitative estimate of drug-likeness (QED) is 0.780. The molecule has 1 aromatic carbocycles. The van der Waals surface area contributed by atoms with E-state index >= 15 is 0 Å². The lowest BCUT2D eigenvalue weighted by molar-refractivity contribution is 0.0771. The van der Waals surface area contributed by atoms with Crippen molar-refractivity contribution in [1.29, 1.82) is 0 Å². The fourth-order valence-electron chi connectivity index (χ4n) is 1.68. The molecule has 0 unspecified atom stereocenters. The van der Waals surface area contributed by atoms with Crippen molar-refractivity contribution in [2.45, 2.75) is 0 Å². The second-order valence-electron chi connectivity index (χ2n) is 3.88. The van der Waals surface area contributed by atoms with E-state index in [0.717, 1.165) is 0 Å². The smallest absolute Gasteiger partial charge is 0.253 e. The van der Waals surface area contributed by atoms with Crippen LogP contribution in [0.4, 0.5) is 5.69 Å². The highest BCUT2D eigenvalue weighted by Crippen LogP contribution is 2.20. The summed E-state index contributed by atoms with van der Waals surface area (Å²) in [4.78, 5) is 13.8. The summed E-state index contributed by atoms with van der Waals surface area (Å²) in [5, 5.41) is 0.386. The van der Waals surface area contributed by atoms with Gasteiger partial charge in [0.25, 0.3) is 5.91 Å². The number of nitrogens with two attached hydrogens (primary N) is 1. The van der Waals surface area contributed by atoms with Gasteiger partial charge in [0.15, 0.2) is 0 Å². The van der Waals surface area contributed by atoms with Gasteiger partial charge in [0.1, 0.15) is 0 Å². The summed E-state index contributed by atoms with van der Waals surface area (Å²) in [7, 11) is -0.782. The van der Waals surface area contributed by atoms with Crippen molar-refractivity contribution < 1.29 is 9.00 Å². The molecule has 92 valence electrons. The Bertz CT molecular complexity index is 469. The number of hydrogen-bond acceptors (Lipinski definition) is 3. The minimum atomic E-state index is -0.782. The van der Waals surface area contributed by atoms with Crippen LogP contribution in [0, 0.1) is 0 Å². The highest BCUT2D eigenvalue weighted by atomic mass is 35.5. The Hall–Kier alpha value is -1.07. The van der Waals surface area contributed by atoms with Crippen LogP contribution in [0.3, 0.4) is 0 Å². The average Bonchev–Trinajstić information content (AvgIpc) is 2.33. The standard InChI is InChI=1S/C11H13ClN2O2S/c12-9-7-8(1-2-10(9)13)11(15)14-3-5-17(16)6-4-14/h1-2,7H,3-6,13H2. The highest BCUT2D eigenvalue weighted by molar-refractivity contribution is 7.85. The molecule has 4 nitrogen and oxygen atoms in total. The number of nitrogens with zero attached hydrogens (tertiary/aromatic N) is 1. The third-order valence-electron chi connectivity index (χ3n) is 2.71. The fourth-order valence-corrected chi connectivity index (χ4v) is 2.92. The maximum Gasteiger partial charge on any atom is 0.253 e. The molecule has 0 spiro atoms. The Kier molecular flexibility index (Phi) is 3.69. The second kappa shape index (κ2) is 5.06. The summed E-state index contributed by atoms with van der Waals surface area (Å²) in [6.07, 6.45) is 0. The van der Waals surface area contributed by atoms with Gasteiger partial charge < -0.3 is 10.6 Å². The third kappa shape index (κ3) is 2.79. The molecule has 1 aliphatic heterocycles. The Morgan fingerprint density at radius 3 is 2.59 bits per heavy atom. The number of benzene rings is 1. The normalized spacial score (nSPS) is 17.1. The molecule has 6 heteroatoms. The lowest BCUT2D eigenvalue weighted by atomic mass is 10.2. The van der Waals surface area contributed by atoms with Gasteiger partial charge in [-0.3, -0.25) is 9.00 Å². The van der Waals surface area contributed by atoms with Gasteiger partial charge in [0, 0.05) is 41.0 Å². The number of rotatable bonds is 1. The minimum absolute atomic E-state index is 0.0800. The Labute approximate surface area is 107 Å². The molecule has 1 fully saturated rings. The summed E-state index contributed by atoms with van der Waals surface area (Å²) >= 11 is 5.88. The summed E-state index contributed by atoms with van der Waals surface area (Å²) in [5.41, 5.74) is 6.57. The van der Waals surface area contributed by atoms with E-state index in [4.69, 9.17) is 17.3 Å². The summed E-state index contributed by atoms with van der Waals surface area (Å²) < 4.78 is 11.2. The first-order valence-corrected chi connectivity index (χ1v) is 7.14. The minimum Gasteiger partial charge on any atom is -0.398 e. The Morgan fingerprint density at radius 1 is 1.35 bits per heavy atom. The molecule has 1 heterocycles. The highest BCUT2D eigenvalue weighted by Gasteiger charge is 2.21. The van der Waals surface area contributed by atoms with Crippen molar-refractivity contribution >= 4 is 34.0 Å². The molecule has 0 radical (unpaired) electrons. The largest absolute Gasteiger partial charge is 0.398 e. The van der Waals surface area contributed by atoms with Crippen molar-refractivity contribution in [1.82, 2.24) is 4.90 Å². The molecule has 0 aromatic heterocycles. The number of amides is 1. The molecule has 1 saturated heterocycles. The number of halogens is 1. The molecule has 17 heavy (non-hydrogen) atoms. The predicted molar refractivity (Wildman–Crippen MR) is 69.6 cm³/mol. The second-order valence-corrected chi connectivity index (χ2v) is 5.98. The number of hydrogen-bond donors (Lipinski definition) is 1. The molecule has 1 amide bonds.